The molecule has 2 atom stereocenters. The number of likely N-dealkylation sites (N-methyl/N-ethyl adjacent to an activating group) is 1. The Morgan fingerprint density at radius 1 is 1.30 bits per heavy atom. The van der Waals surface area contributed by atoms with E-state index in [1.807, 2.05) is 32.9 Å². The van der Waals surface area contributed by atoms with Gasteiger partial charge >= 0.3 is 5.97 Å². The molecule has 2 unspecified atom stereocenters. The minimum Gasteiger partial charge on any atom is -0.479 e. The van der Waals surface area contributed by atoms with Crippen LogP contribution in [-0.4, -0.2) is 41.6 Å². The summed E-state index contributed by atoms with van der Waals surface area (Å²) in [6, 6.07) is 3.40. The van der Waals surface area contributed by atoms with Crippen molar-refractivity contribution in [3.8, 4) is 0 Å². The van der Waals surface area contributed by atoms with E-state index in [0.717, 1.165) is 22.3 Å². The van der Waals surface area contributed by atoms with Gasteiger partial charge in [0.05, 0.1) is 6.04 Å². The number of rotatable bonds is 2. The van der Waals surface area contributed by atoms with Gasteiger partial charge in [-0.2, -0.15) is 0 Å². The third-order valence-corrected chi connectivity index (χ3v) is 3.76. The average molecular weight is 277 g/mol. The Morgan fingerprint density at radius 3 is 2.35 bits per heavy atom. The lowest BCUT2D eigenvalue weighted by molar-refractivity contribution is -0.171. The molecule has 0 radical (unpaired) electrons. The number of benzene rings is 1. The summed E-state index contributed by atoms with van der Waals surface area (Å²) in [5.74, 6) is -1.25. The molecule has 0 aliphatic carbocycles. The van der Waals surface area contributed by atoms with Crippen LogP contribution in [0, 0.1) is 20.8 Å². The second kappa shape index (κ2) is 5.25. The van der Waals surface area contributed by atoms with E-state index >= 15 is 0 Å². The molecule has 1 aliphatic rings. The highest BCUT2D eigenvalue weighted by atomic mass is 16.5. The van der Waals surface area contributed by atoms with E-state index in [1.54, 1.807) is 7.05 Å². The molecule has 20 heavy (non-hydrogen) atoms. The first-order valence-electron chi connectivity index (χ1n) is 6.50. The van der Waals surface area contributed by atoms with Crippen molar-refractivity contribution in [2.24, 2.45) is 0 Å². The SMILES string of the molecule is Cc1cc(C)c(C2C(C(=O)O)OCC(=O)N2C)c(C)c1. The largest absolute Gasteiger partial charge is 0.479 e. The number of nitrogens with zero attached hydrogens (tertiary/aromatic N) is 1. The van der Waals surface area contributed by atoms with Crippen molar-refractivity contribution >= 4 is 11.9 Å². The summed E-state index contributed by atoms with van der Waals surface area (Å²) in [4.78, 5) is 24.7. The van der Waals surface area contributed by atoms with Crippen LogP contribution in [0.2, 0.25) is 0 Å². The van der Waals surface area contributed by atoms with Crippen molar-refractivity contribution in [2.75, 3.05) is 13.7 Å². The lowest BCUT2D eigenvalue weighted by Gasteiger charge is -2.38. The standard InChI is InChI=1S/C15H19NO4/c1-8-5-9(2)12(10(3)6-8)13-14(15(18)19)20-7-11(17)16(13)4/h5-6,13-14H,7H2,1-4H3,(H,18,19). The number of carbonyl (C=O) groups excluding carboxylic acids is 1. The molecular formula is C15H19NO4. The first-order chi connectivity index (χ1) is 9.32. The fourth-order valence-corrected chi connectivity index (χ4v) is 2.92. The zero-order valence-corrected chi connectivity index (χ0v) is 12.1. The van der Waals surface area contributed by atoms with Crippen molar-refractivity contribution in [3.63, 3.8) is 0 Å². The van der Waals surface area contributed by atoms with Crippen molar-refractivity contribution in [2.45, 2.75) is 32.9 Å². The molecule has 1 heterocycles. The van der Waals surface area contributed by atoms with E-state index in [9.17, 15) is 14.7 Å². The number of hydrogen-bond acceptors (Lipinski definition) is 3. The number of carboxylic acids is 1. The summed E-state index contributed by atoms with van der Waals surface area (Å²) in [5, 5.41) is 9.35. The van der Waals surface area contributed by atoms with Gasteiger partial charge in [-0.15, -0.1) is 0 Å². The molecule has 1 amide bonds. The van der Waals surface area contributed by atoms with Gasteiger partial charge in [0.25, 0.3) is 0 Å². The number of carbonyl (C=O) groups is 2. The molecule has 1 N–H and O–H groups in total. The van der Waals surface area contributed by atoms with Crippen molar-refractivity contribution in [3.05, 3.63) is 34.4 Å². The molecular weight excluding hydrogens is 258 g/mol. The summed E-state index contributed by atoms with van der Waals surface area (Å²) in [7, 11) is 1.63. The molecule has 0 bridgehead atoms. The fraction of sp³-hybridized carbons (Fsp3) is 0.467. The Hall–Kier alpha value is -1.88. The molecule has 108 valence electrons. The topological polar surface area (TPSA) is 66.8 Å². The van der Waals surface area contributed by atoms with Gasteiger partial charge in [-0.05, 0) is 37.5 Å². The number of aryl methyl sites for hydroxylation is 3. The smallest absolute Gasteiger partial charge is 0.335 e. The van der Waals surface area contributed by atoms with Gasteiger partial charge in [0.2, 0.25) is 5.91 Å². The first kappa shape index (κ1) is 14.5. The summed E-state index contributed by atoms with van der Waals surface area (Å²) < 4.78 is 5.24. The van der Waals surface area contributed by atoms with Crippen LogP contribution in [0.5, 0.6) is 0 Å². The van der Waals surface area contributed by atoms with Crippen LogP contribution in [0.4, 0.5) is 0 Å². The molecule has 2 rings (SSSR count). The fourth-order valence-electron chi connectivity index (χ4n) is 2.92. The molecule has 1 aromatic rings. The van der Waals surface area contributed by atoms with E-state index in [0.29, 0.717) is 0 Å². The lowest BCUT2D eigenvalue weighted by atomic mass is 9.89. The monoisotopic (exact) mass is 277 g/mol. The number of aliphatic carboxylic acids is 1. The third-order valence-electron chi connectivity index (χ3n) is 3.76. The van der Waals surface area contributed by atoms with Gasteiger partial charge in [-0.25, -0.2) is 4.79 Å². The Morgan fingerprint density at radius 2 is 1.85 bits per heavy atom. The summed E-state index contributed by atoms with van der Waals surface area (Å²) in [6.45, 7) is 5.67. The Bertz CT molecular complexity index is 544. The van der Waals surface area contributed by atoms with Crippen LogP contribution < -0.4 is 0 Å². The zero-order chi connectivity index (χ0) is 15.0. The van der Waals surface area contributed by atoms with Crippen LogP contribution in [0.25, 0.3) is 0 Å². The third kappa shape index (κ3) is 2.41. The molecule has 0 spiro atoms. The zero-order valence-electron chi connectivity index (χ0n) is 12.1. The Balaban J connectivity index is 2.56. The highest BCUT2D eigenvalue weighted by Gasteiger charge is 2.41. The minimum atomic E-state index is -1.05. The van der Waals surface area contributed by atoms with Crippen molar-refractivity contribution in [1.29, 1.82) is 0 Å². The predicted molar refractivity (Wildman–Crippen MR) is 73.5 cm³/mol. The Kier molecular flexibility index (Phi) is 3.81. The molecule has 1 aromatic carbocycles. The number of carboxylic acid groups (broad SMARTS) is 1. The lowest BCUT2D eigenvalue weighted by Crippen LogP contribution is -2.50. The second-order valence-corrected chi connectivity index (χ2v) is 5.33. The van der Waals surface area contributed by atoms with E-state index in [-0.39, 0.29) is 12.5 Å². The van der Waals surface area contributed by atoms with Crippen LogP contribution in [0.15, 0.2) is 12.1 Å². The van der Waals surface area contributed by atoms with Crippen LogP contribution in [0.1, 0.15) is 28.3 Å². The van der Waals surface area contributed by atoms with Gasteiger partial charge < -0.3 is 14.7 Å². The van der Waals surface area contributed by atoms with E-state index in [1.165, 1.54) is 4.90 Å². The van der Waals surface area contributed by atoms with Crippen LogP contribution in [-0.2, 0) is 14.3 Å². The molecule has 0 aromatic heterocycles. The first-order valence-corrected chi connectivity index (χ1v) is 6.50. The highest BCUT2D eigenvalue weighted by molar-refractivity contribution is 5.83. The predicted octanol–water partition coefficient (Wildman–Crippen LogP) is 1.59. The van der Waals surface area contributed by atoms with E-state index in [2.05, 4.69) is 0 Å². The molecule has 1 fully saturated rings. The van der Waals surface area contributed by atoms with Crippen molar-refractivity contribution in [1.82, 2.24) is 4.90 Å². The van der Waals surface area contributed by atoms with Gasteiger partial charge in [0, 0.05) is 7.05 Å². The molecule has 5 heteroatoms. The van der Waals surface area contributed by atoms with Crippen LogP contribution in [0.3, 0.4) is 0 Å². The van der Waals surface area contributed by atoms with Gasteiger partial charge in [0.15, 0.2) is 6.10 Å². The molecule has 1 saturated heterocycles. The normalized spacial score (nSPS) is 23.0. The summed E-state index contributed by atoms with van der Waals surface area (Å²) >= 11 is 0. The van der Waals surface area contributed by atoms with Crippen LogP contribution >= 0.6 is 0 Å². The second-order valence-electron chi connectivity index (χ2n) is 5.33. The van der Waals surface area contributed by atoms with E-state index in [4.69, 9.17) is 4.74 Å². The van der Waals surface area contributed by atoms with E-state index < -0.39 is 18.1 Å². The quantitative estimate of drug-likeness (QED) is 0.891. The molecule has 5 nitrogen and oxygen atoms in total. The van der Waals surface area contributed by atoms with Crippen molar-refractivity contribution < 1.29 is 19.4 Å². The van der Waals surface area contributed by atoms with Gasteiger partial charge in [-0.1, -0.05) is 17.7 Å². The number of amides is 1. The van der Waals surface area contributed by atoms with Gasteiger partial charge in [-0.3, -0.25) is 4.79 Å². The van der Waals surface area contributed by atoms with Gasteiger partial charge in [0.1, 0.15) is 6.61 Å². The maximum absolute atomic E-state index is 11.8. The summed E-state index contributed by atoms with van der Waals surface area (Å²) in [6.07, 6.45) is -1.03. The number of hydrogen-bond donors (Lipinski definition) is 1. The maximum Gasteiger partial charge on any atom is 0.335 e. The molecule has 1 aliphatic heterocycles. The average Bonchev–Trinajstić information content (AvgIpc) is 2.32. The minimum absolute atomic E-state index is 0.187. The summed E-state index contributed by atoms with van der Waals surface area (Å²) in [5.41, 5.74) is 3.92. The Labute approximate surface area is 118 Å². The maximum atomic E-state index is 11.8. The highest BCUT2D eigenvalue weighted by Crippen LogP contribution is 2.34. The number of ether oxygens (including phenoxy) is 1. The molecule has 0 saturated carbocycles. The number of morpholine rings is 1.